The average Bonchev–Trinajstić information content (AvgIpc) is 2.42. The summed E-state index contributed by atoms with van der Waals surface area (Å²) in [5, 5.41) is -0.0865. The van der Waals surface area contributed by atoms with Crippen LogP contribution in [-0.2, 0) is 0 Å². The molecule has 19 heavy (non-hydrogen) atoms. The maximum atomic E-state index is 13.4. The fourth-order valence-corrected chi connectivity index (χ4v) is 2.47. The summed E-state index contributed by atoms with van der Waals surface area (Å²) in [4.78, 5) is 0. The predicted molar refractivity (Wildman–Crippen MR) is 76.8 cm³/mol. The summed E-state index contributed by atoms with van der Waals surface area (Å²) in [6.45, 7) is 1.69. The van der Waals surface area contributed by atoms with Gasteiger partial charge in [0.1, 0.15) is 11.6 Å². The molecule has 0 bridgehead atoms. The Kier molecular flexibility index (Phi) is 4.33. The highest BCUT2D eigenvalue weighted by molar-refractivity contribution is 6.33. The molecule has 2 aromatic carbocycles. The Labute approximate surface area is 121 Å². The van der Waals surface area contributed by atoms with Crippen molar-refractivity contribution in [2.45, 2.75) is 12.3 Å². The molecule has 0 radical (unpaired) electrons. The van der Waals surface area contributed by atoms with Crippen LogP contribution in [0.5, 0.6) is 5.75 Å². The van der Waals surface area contributed by atoms with Crippen LogP contribution in [0.4, 0.5) is 4.39 Å². The molecule has 0 aliphatic heterocycles. The van der Waals surface area contributed by atoms with Gasteiger partial charge in [-0.3, -0.25) is 0 Å². The van der Waals surface area contributed by atoms with Gasteiger partial charge in [0.25, 0.3) is 0 Å². The van der Waals surface area contributed by atoms with Crippen molar-refractivity contribution in [3.05, 3.63) is 63.9 Å². The Bertz CT molecular complexity index is 581. The molecule has 100 valence electrons. The molecule has 4 heteroatoms. The van der Waals surface area contributed by atoms with E-state index in [2.05, 4.69) is 0 Å². The third-order valence-electron chi connectivity index (χ3n) is 2.96. The predicted octanol–water partition coefficient (Wildman–Crippen LogP) is 5.12. The molecule has 0 spiro atoms. The Morgan fingerprint density at radius 2 is 1.79 bits per heavy atom. The monoisotopic (exact) mass is 298 g/mol. The first-order valence-electron chi connectivity index (χ1n) is 5.76. The summed E-state index contributed by atoms with van der Waals surface area (Å²) >= 11 is 12.5. The molecule has 2 aromatic rings. The van der Waals surface area contributed by atoms with Crippen LogP contribution in [0.25, 0.3) is 0 Å². The van der Waals surface area contributed by atoms with Gasteiger partial charge >= 0.3 is 0 Å². The van der Waals surface area contributed by atoms with Gasteiger partial charge in [0, 0.05) is 5.02 Å². The lowest BCUT2D eigenvalue weighted by Gasteiger charge is -2.14. The highest BCUT2D eigenvalue weighted by Crippen LogP contribution is 2.35. The second kappa shape index (κ2) is 5.81. The fourth-order valence-electron chi connectivity index (χ4n) is 1.83. The zero-order chi connectivity index (χ0) is 14.0. The van der Waals surface area contributed by atoms with Gasteiger partial charge in [0.15, 0.2) is 0 Å². The van der Waals surface area contributed by atoms with E-state index in [4.69, 9.17) is 27.9 Å². The van der Waals surface area contributed by atoms with Crippen molar-refractivity contribution in [1.82, 2.24) is 0 Å². The van der Waals surface area contributed by atoms with Crippen molar-refractivity contribution in [1.29, 1.82) is 0 Å². The van der Waals surface area contributed by atoms with E-state index in [1.807, 2.05) is 24.3 Å². The van der Waals surface area contributed by atoms with Crippen molar-refractivity contribution in [3.8, 4) is 5.75 Å². The van der Waals surface area contributed by atoms with E-state index < -0.39 is 5.38 Å². The summed E-state index contributed by atoms with van der Waals surface area (Å²) in [5.74, 6) is 0.432. The number of hydrogen-bond donors (Lipinski definition) is 0. The van der Waals surface area contributed by atoms with Crippen molar-refractivity contribution in [3.63, 3.8) is 0 Å². The molecule has 0 saturated heterocycles. The fraction of sp³-hybridized carbons (Fsp3) is 0.200. The lowest BCUT2D eigenvalue weighted by Crippen LogP contribution is -1.97. The van der Waals surface area contributed by atoms with Crippen LogP contribution >= 0.6 is 23.2 Å². The van der Waals surface area contributed by atoms with Crippen LogP contribution < -0.4 is 4.74 Å². The SMILES string of the molecule is COc1ccc(C(Cl)c2cc(C)c(F)cc2Cl)cc1. The first-order valence-corrected chi connectivity index (χ1v) is 6.58. The average molecular weight is 299 g/mol. The molecule has 0 aromatic heterocycles. The standard InChI is InChI=1S/C15H13Cl2FO/c1-9-7-12(13(16)8-14(9)18)15(17)10-3-5-11(19-2)6-4-10/h3-8,15H,1-2H3. The van der Waals surface area contributed by atoms with Gasteiger partial charge in [-0.1, -0.05) is 23.7 Å². The third-order valence-corrected chi connectivity index (χ3v) is 3.77. The molecule has 0 aliphatic rings. The molecule has 0 aliphatic carbocycles. The van der Waals surface area contributed by atoms with E-state index in [-0.39, 0.29) is 5.82 Å². The van der Waals surface area contributed by atoms with E-state index in [1.165, 1.54) is 6.07 Å². The highest BCUT2D eigenvalue weighted by atomic mass is 35.5. The molecular weight excluding hydrogens is 286 g/mol. The molecule has 1 atom stereocenters. The van der Waals surface area contributed by atoms with Crippen LogP contribution in [0.2, 0.25) is 5.02 Å². The maximum Gasteiger partial charge on any atom is 0.127 e. The van der Waals surface area contributed by atoms with Gasteiger partial charge in [-0.25, -0.2) is 4.39 Å². The van der Waals surface area contributed by atoms with Crippen molar-refractivity contribution in [2.24, 2.45) is 0 Å². The van der Waals surface area contributed by atoms with Gasteiger partial charge in [0.05, 0.1) is 12.5 Å². The van der Waals surface area contributed by atoms with Gasteiger partial charge in [-0.2, -0.15) is 0 Å². The largest absolute Gasteiger partial charge is 0.497 e. The zero-order valence-electron chi connectivity index (χ0n) is 10.6. The highest BCUT2D eigenvalue weighted by Gasteiger charge is 2.16. The van der Waals surface area contributed by atoms with Crippen LogP contribution in [0.15, 0.2) is 36.4 Å². The van der Waals surface area contributed by atoms with Gasteiger partial charge < -0.3 is 4.74 Å². The third kappa shape index (κ3) is 3.02. The van der Waals surface area contributed by atoms with E-state index >= 15 is 0 Å². The number of halogens is 3. The smallest absolute Gasteiger partial charge is 0.127 e. The number of benzene rings is 2. The topological polar surface area (TPSA) is 9.23 Å². The summed E-state index contributed by atoms with van der Waals surface area (Å²) in [5.41, 5.74) is 2.11. The molecule has 0 fully saturated rings. The lowest BCUT2D eigenvalue weighted by molar-refractivity contribution is 0.414. The van der Waals surface area contributed by atoms with E-state index in [1.54, 1.807) is 20.1 Å². The lowest BCUT2D eigenvalue weighted by atomic mass is 10.0. The Hall–Kier alpha value is -1.25. The van der Waals surface area contributed by atoms with Gasteiger partial charge in [-0.15, -0.1) is 11.6 Å². The molecule has 1 unspecified atom stereocenters. The van der Waals surface area contributed by atoms with Gasteiger partial charge in [-0.05, 0) is 47.9 Å². The van der Waals surface area contributed by atoms with E-state index in [9.17, 15) is 4.39 Å². The summed E-state index contributed by atoms with van der Waals surface area (Å²) < 4.78 is 18.5. The molecule has 0 N–H and O–H groups in total. The molecule has 2 rings (SSSR count). The minimum absolute atomic E-state index is 0.327. The van der Waals surface area contributed by atoms with E-state index in [0.717, 1.165) is 11.3 Å². The number of hydrogen-bond acceptors (Lipinski definition) is 1. The first kappa shape index (κ1) is 14.2. The zero-order valence-corrected chi connectivity index (χ0v) is 12.1. The number of rotatable bonds is 3. The summed E-state index contributed by atoms with van der Waals surface area (Å²) in [7, 11) is 1.60. The molecule has 0 saturated carbocycles. The van der Waals surface area contributed by atoms with Crippen LogP contribution in [0, 0.1) is 12.7 Å². The quantitative estimate of drug-likeness (QED) is 0.714. The van der Waals surface area contributed by atoms with Crippen LogP contribution in [0.1, 0.15) is 22.1 Å². The maximum absolute atomic E-state index is 13.4. The molecule has 1 nitrogen and oxygen atoms in total. The van der Waals surface area contributed by atoms with Crippen molar-refractivity contribution < 1.29 is 9.13 Å². The number of alkyl halides is 1. The minimum Gasteiger partial charge on any atom is -0.497 e. The Morgan fingerprint density at radius 1 is 1.16 bits per heavy atom. The van der Waals surface area contributed by atoms with Crippen molar-refractivity contribution in [2.75, 3.05) is 7.11 Å². The molecule has 0 amide bonds. The number of ether oxygens (including phenoxy) is 1. The number of methoxy groups -OCH3 is 1. The molecular formula is C15H13Cl2FO. The van der Waals surface area contributed by atoms with Gasteiger partial charge in [0.2, 0.25) is 0 Å². The van der Waals surface area contributed by atoms with E-state index in [0.29, 0.717) is 16.1 Å². The van der Waals surface area contributed by atoms with Crippen LogP contribution in [-0.4, -0.2) is 7.11 Å². The van der Waals surface area contributed by atoms with Crippen LogP contribution in [0.3, 0.4) is 0 Å². The summed E-state index contributed by atoms with van der Waals surface area (Å²) in [6, 6.07) is 10.4. The molecule has 0 heterocycles. The Morgan fingerprint density at radius 3 is 2.37 bits per heavy atom. The Balaban J connectivity index is 2.37. The minimum atomic E-state index is -0.419. The van der Waals surface area contributed by atoms with Crippen molar-refractivity contribution >= 4 is 23.2 Å². The second-order valence-electron chi connectivity index (χ2n) is 4.26. The second-order valence-corrected chi connectivity index (χ2v) is 5.10. The number of aryl methyl sites for hydroxylation is 1. The normalized spacial score (nSPS) is 12.3. The summed E-state index contributed by atoms with van der Waals surface area (Å²) in [6.07, 6.45) is 0. The first-order chi connectivity index (χ1) is 9.02.